The fraction of sp³-hybridized carbons (Fsp3) is 0.357. The molecular weight excluding hydrogens is 254 g/mol. The first kappa shape index (κ1) is 14.0. The molecule has 0 saturated carbocycles. The Balaban J connectivity index is 2.04. The minimum atomic E-state index is -0.124. The Kier molecular flexibility index (Phi) is 4.70. The van der Waals surface area contributed by atoms with Gasteiger partial charge in [-0.2, -0.15) is 0 Å². The van der Waals surface area contributed by atoms with Crippen molar-refractivity contribution >= 4 is 11.7 Å². The van der Waals surface area contributed by atoms with Gasteiger partial charge in [0, 0.05) is 26.0 Å². The molecule has 2 aromatic heterocycles. The van der Waals surface area contributed by atoms with Crippen molar-refractivity contribution in [3.05, 3.63) is 42.1 Å². The van der Waals surface area contributed by atoms with Gasteiger partial charge in [-0.05, 0) is 18.6 Å². The van der Waals surface area contributed by atoms with Gasteiger partial charge in [0.25, 0.3) is 5.91 Å². The third-order valence-electron chi connectivity index (χ3n) is 2.81. The number of pyridine rings is 1. The van der Waals surface area contributed by atoms with Crippen molar-refractivity contribution in [2.24, 2.45) is 0 Å². The van der Waals surface area contributed by atoms with Gasteiger partial charge in [-0.25, -0.2) is 9.97 Å². The summed E-state index contributed by atoms with van der Waals surface area (Å²) in [5.41, 5.74) is 0.431. The fourth-order valence-corrected chi connectivity index (χ4v) is 1.78. The van der Waals surface area contributed by atoms with E-state index in [0.717, 1.165) is 24.6 Å². The van der Waals surface area contributed by atoms with Crippen molar-refractivity contribution in [2.75, 3.05) is 18.9 Å². The maximum Gasteiger partial charge on any atom is 0.272 e. The monoisotopic (exact) mass is 273 g/mol. The number of amides is 1. The van der Waals surface area contributed by atoms with E-state index in [1.54, 1.807) is 30.4 Å². The second-order valence-electron chi connectivity index (χ2n) is 4.53. The molecule has 2 N–H and O–H groups in total. The first-order chi connectivity index (χ1) is 9.70. The van der Waals surface area contributed by atoms with Crippen molar-refractivity contribution in [3.63, 3.8) is 0 Å². The number of rotatable bonds is 6. The van der Waals surface area contributed by atoms with Crippen LogP contribution in [0.2, 0.25) is 0 Å². The van der Waals surface area contributed by atoms with E-state index in [1.165, 1.54) is 0 Å². The fourth-order valence-electron chi connectivity index (χ4n) is 1.78. The van der Waals surface area contributed by atoms with E-state index in [-0.39, 0.29) is 5.91 Å². The number of aromatic amines is 1. The average molecular weight is 273 g/mol. The zero-order valence-corrected chi connectivity index (χ0v) is 11.8. The lowest BCUT2D eigenvalue weighted by Crippen LogP contribution is -2.27. The zero-order chi connectivity index (χ0) is 14.4. The van der Waals surface area contributed by atoms with Gasteiger partial charge in [0.2, 0.25) is 0 Å². The summed E-state index contributed by atoms with van der Waals surface area (Å²) >= 11 is 0. The lowest BCUT2D eigenvalue weighted by atomic mass is 10.3. The molecule has 0 radical (unpaired) electrons. The molecular formula is C14H19N5O. The summed E-state index contributed by atoms with van der Waals surface area (Å²) in [5, 5.41) is 3.17. The lowest BCUT2D eigenvalue weighted by molar-refractivity contribution is 0.0776. The normalized spacial score (nSPS) is 10.3. The van der Waals surface area contributed by atoms with Crippen LogP contribution in [0.4, 0.5) is 5.82 Å². The van der Waals surface area contributed by atoms with E-state index in [4.69, 9.17) is 0 Å². The molecule has 0 aliphatic heterocycles. The van der Waals surface area contributed by atoms with Crippen LogP contribution in [-0.2, 0) is 6.54 Å². The molecule has 2 aromatic rings. The van der Waals surface area contributed by atoms with Crippen molar-refractivity contribution < 1.29 is 4.79 Å². The summed E-state index contributed by atoms with van der Waals surface area (Å²) in [6.45, 7) is 3.35. The highest BCUT2D eigenvalue weighted by Gasteiger charge is 2.14. The van der Waals surface area contributed by atoms with Crippen molar-refractivity contribution in [1.29, 1.82) is 0 Å². The van der Waals surface area contributed by atoms with Crippen LogP contribution in [0.25, 0.3) is 0 Å². The molecule has 0 fully saturated rings. The molecule has 6 nitrogen and oxygen atoms in total. The van der Waals surface area contributed by atoms with E-state index >= 15 is 0 Å². The van der Waals surface area contributed by atoms with E-state index < -0.39 is 0 Å². The number of hydrogen-bond donors (Lipinski definition) is 2. The summed E-state index contributed by atoms with van der Waals surface area (Å²) in [4.78, 5) is 25.3. The molecule has 2 heterocycles. The third kappa shape index (κ3) is 3.57. The van der Waals surface area contributed by atoms with Crippen LogP contribution in [0.5, 0.6) is 0 Å². The molecule has 2 rings (SSSR count). The second kappa shape index (κ2) is 6.70. The maximum absolute atomic E-state index is 12.3. The number of carbonyl (C=O) groups is 1. The number of aromatic nitrogens is 3. The predicted molar refractivity (Wildman–Crippen MR) is 77.4 cm³/mol. The van der Waals surface area contributed by atoms with Gasteiger partial charge in [0.05, 0.1) is 6.54 Å². The molecule has 0 atom stereocenters. The molecule has 20 heavy (non-hydrogen) atoms. The van der Waals surface area contributed by atoms with Crippen LogP contribution in [0.3, 0.4) is 0 Å². The second-order valence-corrected chi connectivity index (χ2v) is 4.53. The molecule has 106 valence electrons. The standard InChI is InChI=1S/C14H19N5O/c1-3-7-15-12-6-4-5-11(18-12)14(20)19(2)10-13-16-8-9-17-13/h4-6,8-9H,3,7,10H2,1-2H3,(H,15,18)(H,16,17). The highest BCUT2D eigenvalue weighted by molar-refractivity contribution is 5.92. The Morgan fingerprint density at radius 1 is 1.45 bits per heavy atom. The highest BCUT2D eigenvalue weighted by Crippen LogP contribution is 2.08. The molecule has 0 unspecified atom stereocenters. The molecule has 0 bridgehead atoms. The molecule has 1 amide bonds. The molecule has 0 aliphatic carbocycles. The Labute approximate surface area is 118 Å². The maximum atomic E-state index is 12.3. The van der Waals surface area contributed by atoms with E-state index in [2.05, 4.69) is 27.2 Å². The lowest BCUT2D eigenvalue weighted by Gasteiger charge is -2.15. The van der Waals surface area contributed by atoms with E-state index in [9.17, 15) is 4.79 Å². The predicted octanol–water partition coefficient (Wildman–Crippen LogP) is 1.90. The van der Waals surface area contributed by atoms with Crippen molar-refractivity contribution in [2.45, 2.75) is 19.9 Å². The van der Waals surface area contributed by atoms with Crippen LogP contribution < -0.4 is 5.32 Å². The molecule has 0 spiro atoms. The quantitative estimate of drug-likeness (QED) is 0.843. The van der Waals surface area contributed by atoms with Gasteiger partial charge >= 0.3 is 0 Å². The summed E-state index contributed by atoms with van der Waals surface area (Å²) in [6.07, 6.45) is 4.42. The number of anilines is 1. The first-order valence-corrected chi connectivity index (χ1v) is 6.65. The van der Waals surface area contributed by atoms with Crippen LogP contribution in [0.15, 0.2) is 30.6 Å². The van der Waals surface area contributed by atoms with Crippen LogP contribution >= 0.6 is 0 Å². The van der Waals surface area contributed by atoms with Gasteiger partial charge in [0.15, 0.2) is 0 Å². The average Bonchev–Trinajstić information content (AvgIpc) is 2.97. The minimum Gasteiger partial charge on any atom is -0.370 e. The number of carbonyl (C=O) groups excluding carboxylic acids is 1. The molecule has 0 saturated heterocycles. The largest absolute Gasteiger partial charge is 0.370 e. The van der Waals surface area contributed by atoms with Gasteiger partial charge < -0.3 is 15.2 Å². The van der Waals surface area contributed by atoms with Gasteiger partial charge in [0.1, 0.15) is 17.3 Å². The summed E-state index contributed by atoms with van der Waals surface area (Å²) in [7, 11) is 1.73. The van der Waals surface area contributed by atoms with Crippen LogP contribution in [0, 0.1) is 0 Å². The number of nitrogens with zero attached hydrogens (tertiary/aromatic N) is 3. The van der Waals surface area contributed by atoms with Crippen molar-refractivity contribution in [3.8, 4) is 0 Å². The summed E-state index contributed by atoms with van der Waals surface area (Å²) in [6, 6.07) is 5.41. The smallest absolute Gasteiger partial charge is 0.272 e. The van der Waals surface area contributed by atoms with Gasteiger partial charge in [-0.15, -0.1) is 0 Å². The molecule has 0 aromatic carbocycles. The number of hydrogen-bond acceptors (Lipinski definition) is 4. The van der Waals surface area contributed by atoms with E-state index in [0.29, 0.717) is 12.2 Å². The van der Waals surface area contributed by atoms with E-state index in [1.807, 2.05) is 12.1 Å². The molecule has 0 aliphatic rings. The Morgan fingerprint density at radius 3 is 3.00 bits per heavy atom. The van der Waals surface area contributed by atoms with Crippen molar-refractivity contribution in [1.82, 2.24) is 19.9 Å². The summed E-state index contributed by atoms with van der Waals surface area (Å²) < 4.78 is 0. The molecule has 6 heteroatoms. The Morgan fingerprint density at radius 2 is 2.30 bits per heavy atom. The first-order valence-electron chi connectivity index (χ1n) is 6.65. The van der Waals surface area contributed by atoms with Crippen LogP contribution in [-0.4, -0.2) is 39.4 Å². The third-order valence-corrected chi connectivity index (χ3v) is 2.81. The zero-order valence-electron chi connectivity index (χ0n) is 11.8. The Bertz CT molecular complexity index is 552. The van der Waals surface area contributed by atoms with Gasteiger partial charge in [-0.3, -0.25) is 4.79 Å². The van der Waals surface area contributed by atoms with Gasteiger partial charge in [-0.1, -0.05) is 13.0 Å². The minimum absolute atomic E-state index is 0.124. The summed E-state index contributed by atoms with van der Waals surface area (Å²) in [5.74, 6) is 1.35. The highest BCUT2D eigenvalue weighted by atomic mass is 16.2. The number of H-pyrrole nitrogens is 1. The topological polar surface area (TPSA) is 73.9 Å². The SMILES string of the molecule is CCCNc1cccc(C(=O)N(C)Cc2ncc[nH]2)n1. The Hall–Kier alpha value is -2.37. The number of nitrogens with one attached hydrogen (secondary N) is 2. The number of imidazole rings is 1. The van der Waals surface area contributed by atoms with Crippen LogP contribution in [0.1, 0.15) is 29.7 Å².